The van der Waals surface area contributed by atoms with Crippen molar-refractivity contribution >= 4 is 0 Å². The molecule has 0 bridgehead atoms. The third-order valence-corrected chi connectivity index (χ3v) is 4.67. The van der Waals surface area contributed by atoms with E-state index in [0.29, 0.717) is 6.04 Å². The van der Waals surface area contributed by atoms with Crippen molar-refractivity contribution in [3.8, 4) is 0 Å². The number of methoxy groups -OCH3 is 1. The van der Waals surface area contributed by atoms with Crippen LogP contribution in [0.5, 0.6) is 0 Å². The first kappa shape index (κ1) is 14.3. The van der Waals surface area contributed by atoms with Gasteiger partial charge in [0.15, 0.2) is 0 Å². The lowest BCUT2D eigenvalue weighted by atomic mass is 9.96. The van der Waals surface area contributed by atoms with E-state index in [1.54, 1.807) is 0 Å². The first-order chi connectivity index (χ1) is 8.85. The van der Waals surface area contributed by atoms with Crippen molar-refractivity contribution in [2.45, 2.75) is 57.5 Å². The van der Waals surface area contributed by atoms with Gasteiger partial charge in [-0.2, -0.15) is 0 Å². The average molecular weight is 254 g/mol. The molecule has 2 atom stereocenters. The van der Waals surface area contributed by atoms with Crippen molar-refractivity contribution in [3.05, 3.63) is 0 Å². The van der Waals surface area contributed by atoms with Crippen LogP contribution in [-0.4, -0.2) is 50.3 Å². The lowest BCUT2D eigenvalue weighted by Crippen LogP contribution is -2.46. The van der Waals surface area contributed by atoms with Gasteiger partial charge < -0.3 is 10.1 Å². The highest BCUT2D eigenvalue weighted by Crippen LogP contribution is 2.35. The molecule has 1 aliphatic heterocycles. The van der Waals surface area contributed by atoms with Crippen LogP contribution in [0.4, 0.5) is 0 Å². The first-order valence-electron chi connectivity index (χ1n) is 7.81. The van der Waals surface area contributed by atoms with Crippen LogP contribution in [0.15, 0.2) is 0 Å². The van der Waals surface area contributed by atoms with Crippen molar-refractivity contribution in [2.24, 2.45) is 5.92 Å². The maximum Gasteiger partial charge on any atom is 0.0628 e. The average Bonchev–Trinajstić information content (AvgIpc) is 2.99. The van der Waals surface area contributed by atoms with Gasteiger partial charge in [-0.1, -0.05) is 19.8 Å². The number of nitrogens with zero attached hydrogens (tertiary/aromatic N) is 1. The minimum absolute atomic E-state index is 0.502. The van der Waals surface area contributed by atoms with Crippen molar-refractivity contribution in [3.63, 3.8) is 0 Å². The molecule has 1 saturated heterocycles. The molecule has 2 rings (SSSR count). The summed E-state index contributed by atoms with van der Waals surface area (Å²) in [5.41, 5.74) is 0. The highest BCUT2D eigenvalue weighted by atomic mass is 16.5. The van der Waals surface area contributed by atoms with E-state index >= 15 is 0 Å². The Kier molecular flexibility index (Phi) is 5.93. The quantitative estimate of drug-likeness (QED) is 0.754. The van der Waals surface area contributed by atoms with Gasteiger partial charge in [0, 0.05) is 25.7 Å². The monoisotopic (exact) mass is 254 g/mol. The lowest BCUT2D eigenvalue weighted by Gasteiger charge is -2.32. The third kappa shape index (κ3) is 3.69. The molecule has 1 heterocycles. The molecule has 0 spiro atoms. The number of likely N-dealkylation sites (N-methyl/N-ethyl adjacent to an activating group) is 1. The summed E-state index contributed by atoms with van der Waals surface area (Å²) < 4.78 is 5.34. The molecule has 2 fully saturated rings. The van der Waals surface area contributed by atoms with Crippen LogP contribution in [0.25, 0.3) is 0 Å². The summed E-state index contributed by atoms with van der Waals surface area (Å²) in [7, 11) is 1.81. The van der Waals surface area contributed by atoms with Gasteiger partial charge in [-0.15, -0.1) is 0 Å². The predicted molar refractivity (Wildman–Crippen MR) is 75.9 cm³/mol. The van der Waals surface area contributed by atoms with Crippen LogP contribution in [0.1, 0.15) is 45.4 Å². The van der Waals surface area contributed by atoms with Crippen LogP contribution in [0.3, 0.4) is 0 Å². The van der Waals surface area contributed by atoms with Gasteiger partial charge in [-0.05, 0) is 44.7 Å². The summed E-state index contributed by atoms with van der Waals surface area (Å²) in [6.45, 7) is 6.52. The summed E-state index contributed by atoms with van der Waals surface area (Å²) in [6.07, 6.45) is 8.69. The molecule has 2 aliphatic rings. The second-order valence-corrected chi connectivity index (χ2v) is 5.96. The summed E-state index contributed by atoms with van der Waals surface area (Å²) in [6, 6.07) is 1.37. The Morgan fingerprint density at radius 2 is 2.00 bits per heavy atom. The highest BCUT2D eigenvalue weighted by molar-refractivity contribution is 4.89. The van der Waals surface area contributed by atoms with E-state index in [1.807, 2.05) is 7.11 Å². The maximum absolute atomic E-state index is 5.34. The molecule has 2 unspecified atom stereocenters. The fourth-order valence-corrected chi connectivity index (χ4v) is 3.90. The Hall–Kier alpha value is -0.120. The molecule has 3 nitrogen and oxygen atoms in total. The summed E-state index contributed by atoms with van der Waals surface area (Å²) in [5, 5.41) is 3.55. The molecule has 1 saturated carbocycles. The molecule has 106 valence electrons. The standard InChI is InChI=1S/C15H30N2O/c1-3-16-14(12-18-2)11-17-10-6-9-15(17)13-7-4-5-8-13/h13-16H,3-12H2,1-2H3. The van der Waals surface area contributed by atoms with Gasteiger partial charge in [0.1, 0.15) is 0 Å². The van der Waals surface area contributed by atoms with Gasteiger partial charge in [0.25, 0.3) is 0 Å². The smallest absolute Gasteiger partial charge is 0.0628 e. The number of ether oxygens (including phenoxy) is 1. The van der Waals surface area contributed by atoms with E-state index in [4.69, 9.17) is 4.74 Å². The zero-order valence-corrected chi connectivity index (χ0v) is 12.2. The van der Waals surface area contributed by atoms with Crippen molar-refractivity contribution in [1.82, 2.24) is 10.2 Å². The maximum atomic E-state index is 5.34. The second kappa shape index (κ2) is 7.46. The summed E-state index contributed by atoms with van der Waals surface area (Å²) >= 11 is 0. The normalized spacial score (nSPS) is 28.0. The molecule has 0 radical (unpaired) electrons. The number of hydrogen-bond acceptors (Lipinski definition) is 3. The molecular weight excluding hydrogens is 224 g/mol. The second-order valence-electron chi connectivity index (χ2n) is 5.96. The van der Waals surface area contributed by atoms with Crippen LogP contribution in [0, 0.1) is 5.92 Å². The van der Waals surface area contributed by atoms with Crippen molar-refractivity contribution in [2.75, 3.05) is 33.4 Å². The lowest BCUT2D eigenvalue weighted by molar-refractivity contribution is 0.119. The minimum Gasteiger partial charge on any atom is -0.383 e. The van der Waals surface area contributed by atoms with Crippen LogP contribution in [0.2, 0.25) is 0 Å². The zero-order valence-electron chi connectivity index (χ0n) is 12.2. The van der Waals surface area contributed by atoms with Gasteiger partial charge in [-0.3, -0.25) is 4.90 Å². The fraction of sp³-hybridized carbons (Fsp3) is 1.00. The van der Waals surface area contributed by atoms with Crippen molar-refractivity contribution < 1.29 is 4.74 Å². The van der Waals surface area contributed by atoms with Crippen LogP contribution < -0.4 is 5.32 Å². The Bertz CT molecular complexity index is 223. The SMILES string of the molecule is CCNC(COC)CN1CCCC1C1CCCC1. The molecule has 0 aromatic heterocycles. The summed E-state index contributed by atoms with van der Waals surface area (Å²) in [5.74, 6) is 0.984. The fourth-order valence-electron chi connectivity index (χ4n) is 3.90. The van der Waals surface area contributed by atoms with Gasteiger partial charge in [0.05, 0.1) is 6.61 Å². The van der Waals surface area contributed by atoms with Crippen LogP contribution >= 0.6 is 0 Å². The van der Waals surface area contributed by atoms with Gasteiger partial charge in [-0.25, -0.2) is 0 Å². The van der Waals surface area contributed by atoms with Gasteiger partial charge in [0.2, 0.25) is 0 Å². The Balaban J connectivity index is 1.85. The molecule has 3 heteroatoms. The zero-order chi connectivity index (χ0) is 12.8. The largest absolute Gasteiger partial charge is 0.383 e. The third-order valence-electron chi connectivity index (χ3n) is 4.67. The van der Waals surface area contributed by atoms with E-state index in [2.05, 4.69) is 17.1 Å². The Morgan fingerprint density at radius 1 is 1.22 bits per heavy atom. The molecule has 1 N–H and O–H groups in total. The molecule has 0 aromatic rings. The molecule has 0 amide bonds. The van der Waals surface area contributed by atoms with E-state index in [1.165, 1.54) is 51.6 Å². The Morgan fingerprint density at radius 3 is 2.67 bits per heavy atom. The van der Waals surface area contributed by atoms with Crippen LogP contribution in [-0.2, 0) is 4.74 Å². The highest BCUT2D eigenvalue weighted by Gasteiger charge is 2.33. The summed E-state index contributed by atoms with van der Waals surface area (Å²) in [4.78, 5) is 2.74. The predicted octanol–water partition coefficient (Wildman–Crippen LogP) is 2.27. The molecule has 1 aliphatic carbocycles. The van der Waals surface area contributed by atoms with E-state index in [-0.39, 0.29) is 0 Å². The molecule has 18 heavy (non-hydrogen) atoms. The topological polar surface area (TPSA) is 24.5 Å². The minimum atomic E-state index is 0.502. The van der Waals surface area contributed by atoms with E-state index in [0.717, 1.165) is 25.1 Å². The van der Waals surface area contributed by atoms with Crippen molar-refractivity contribution in [1.29, 1.82) is 0 Å². The van der Waals surface area contributed by atoms with E-state index < -0.39 is 0 Å². The molecule has 0 aromatic carbocycles. The number of hydrogen-bond donors (Lipinski definition) is 1. The van der Waals surface area contributed by atoms with Gasteiger partial charge >= 0.3 is 0 Å². The number of rotatable bonds is 7. The molecular formula is C15H30N2O. The number of likely N-dealkylation sites (tertiary alicyclic amines) is 1. The van der Waals surface area contributed by atoms with E-state index in [9.17, 15) is 0 Å². The Labute approximate surface area is 112 Å². The first-order valence-corrected chi connectivity index (χ1v) is 7.81. The number of nitrogens with one attached hydrogen (secondary N) is 1.